The zero-order valence-electron chi connectivity index (χ0n) is 32.7. The Labute approximate surface area is 335 Å². The van der Waals surface area contributed by atoms with E-state index in [9.17, 15) is 0 Å². The molecule has 56 heavy (non-hydrogen) atoms. The van der Waals surface area contributed by atoms with Crippen molar-refractivity contribution >= 4 is 28.3 Å². The molecule has 0 radical (unpaired) electrons. The molecule has 4 aromatic rings. The lowest BCUT2D eigenvalue weighted by Gasteiger charge is -2.39. The minimum atomic E-state index is 0.0794. The van der Waals surface area contributed by atoms with Crippen molar-refractivity contribution < 1.29 is 23.7 Å². The Morgan fingerprint density at radius 3 is 2.04 bits per heavy atom. The molecule has 15 heteroatoms. The summed E-state index contributed by atoms with van der Waals surface area (Å²) in [6, 6.07) is 24.9. The molecule has 1 aromatic heterocycles. The quantitative estimate of drug-likeness (QED) is 0.0331. The maximum atomic E-state index is 8.23. The molecule has 1 saturated heterocycles. The topological polar surface area (TPSA) is 142 Å². The molecule has 3 aromatic carbocycles. The van der Waals surface area contributed by atoms with Crippen LogP contribution < -0.4 is 10.1 Å². The van der Waals surface area contributed by atoms with E-state index in [0.717, 1.165) is 79.0 Å². The van der Waals surface area contributed by atoms with Gasteiger partial charge in [-0.25, -0.2) is 9.97 Å². The Morgan fingerprint density at radius 2 is 1.39 bits per heavy atom. The van der Waals surface area contributed by atoms with Crippen LogP contribution in [0.2, 0.25) is 5.02 Å². The van der Waals surface area contributed by atoms with E-state index in [4.69, 9.17) is 50.8 Å². The Morgan fingerprint density at radius 1 is 0.786 bits per heavy atom. The summed E-state index contributed by atoms with van der Waals surface area (Å²) in [7, 11) is 4.20. The standard InChI is InChI=1S/C41H56ClN9O5/c1-49(2)18-5-16-44-41-37-6-3-4-7-38(37)46-39(47-41)32-50-19-21-51(22-20-50)40(33-8-12-35(42)13-9-33)34-10-14-36(15-11-34)56-31-30-55-29-28-54-27-26-53-25-24-52-23-17-45-48-43/h3-4,6-15,40H,5,16-32H2,1-2H3,(H,44,46,47). The first kappa shape index (κ1) is 43.1. The van der Waals surface area contributed by atoms with Crippen LogP contribution in [-0.2, 0) is 25.5 Å². The predicted octanol–water partition coefficient (Wildman–Crippen LogP) is 6.31. The summed E-state index contributed by atoms with van der Waals surface area (Å²) >= 11 is 6.31. The van der Waals surface area contributed by atoms with Crippen molar-refractivity contribution in [2.24, 2.45) is 5.11 Å². The molecule has 1 unspecified atom stereocenters. The summed E-state index contributed by atoms with van der Waals surface area (Å²) in [5.74, 6) is 2.56. The van der Waals surface area contributed by atoms with Gasteiger partial charge in [-0.2, -0.15) is 0 Å². The zero-order valence-corrected chi connectivity index (χ0v) is 33.5. The second-order valence-corrected chi connectivity index (χ2v) is 14.1. The van der Waals surface area contributed by atoms with Crippen LogP contribution in [0.5, 0.6) is 5.75 Å². The average molecular weight is 790 g/mol. The summed E-state index contributed by atoms with van der Waals surface area (Å²) in [4.78, 5) is 19.8. The molecule has 0 aliphatic carbocycles. The summed E-state index contributed by atoms with van der Waals surface area (Å²) < 4.78 is 27.9. The van der Waals surface area contributed by atoms with Crippen LogP contribution >= 0.6 is 11.6 Å². The number of halogens is 1. The molecule has 14 nitrogen and oxygen atoms in total. The molecular formula is C41H56ClN9O5. The van der Waals surface area contributed by atoms with Crippen LogP contribution in [0.1, 0.15) is 29.4 Å². The summed E-state index contributed by atoms with van der Waals surface area (Å²) in [5, 5.41) is 8.77. The number of aromatic nitrogens is 2. The maximum absolute atomic E-state index is 8.23. The van der Waals surface area contributed by atoms with Gasteiger partial charge in [-0.3, -0.25) is 9.80 Å². The van der Waals surface area contributed by atoms with Crippen molar-refractivity contribution in [2.75, 3.05) is 125 Å². The second-order valence-electron chi connectivity index (χ2n) is 13.7. The van der Waals surface area contributed by atoms with E-state index in [1.54, 1.807) is 0 Å². The van der Waals surface area contributed by atoms with Gasteiger partial charge in [0.2, 0.25) is 0 Å². The number of piperazine rings is 1. The van der Waals surface area contributed by atoms with Crippen molar-refractivity contribution in [1.82, 2.24) is 24.7 Å². The Bertz CT molecular complexity index is 1760. The van der Waals surface area contributed by atoms with Crippen LogP contribution in [0.25, 0.3) is 21.3 Å². The van der Waals surface area contributed by atoms with E-state index in [0.29, 0.717) is 72.6 Å². The molecule has 2 heterocycles. The van der Waals surface area contributed by atoms with E-state index in [1.807, 2.05) is 36.4 Å². The number of ether oxygens (including phenoxy) is 5. The van der Waals surface area contributed by atoms with Gasteiger partial charge >= 0.3 is 0 Å². The maximum Gasteiger partial charge on any atom is 0.145 e. The fourth-order valence-electron chi connectivity index (χ4n) is 6.45. The SMILES string of the molecule is CN(C)CCCNc1nc(CN2CCN(C(c3ccc(Cl)cc3)c3ccc(OCCOCCOCCOCCOCCN=[N+]=[N-])cc3)CC2)nc2ccccc12. The third-order valence-electron chi connectivity index (χ3n) is 9.25. The van der Waals surface area contributed by atoms with Gasteiger partial charge in [-0.1, -0.05) is 53.1 Å². The van der Waals surface area contributed by atoms with Crippen LogP contribution in [-0.4, -0.2) is 144 Å². The Kier molecular flexibility index (Phi) is 18.9. The van der Waals surface area contributed by atoms with E-state index in [-0.39, 0.29) is 6.04 Å². The van der Waals surface area contributed by atoms with Gasteiger partial charge in [-0.05, 0) is 80.1 Å². The van der Waals surface area contributed by atoms with Gasteiger partial charge in [0.1, 0.15) is 24.0 Å². The molecule has 1 fully saturated rings. The van der Waals surface area contributed by atoms with Crippen LogP contribution in [0.3, 0.4) is 0 Å². The van der Waals surface area contributed by atoms with Gasteiger partial charge in [0, 0.05) is 54.6 Å². The Balaban J connectivity index is 1.06. The normalized spacial score (nSPS) is 14.2. The lowest BCUT2D eigenvalue weighted by Crippen LogP contribution is -2.47. The first-order valence-electron chi connectivity index (χ1n) is 19.4. The number of anilines is 1. The van der Waals surface area contributed by atoms with Crippen molar-refractivity contribution in [1.29, 1.82) is 0 Å². The van der Waals surface area contributed by atoms with Crippen molar-refractivity contribution in [3.05, 3.63) is 105 Å². The highest BCUT2D eigenvalue weighted by Gasteiger charge is 2.27. The monoisotopic (exact) mass is 789 g/mol. The largest absolute Gasteiger partial charge is 0.491 e. The van der Waals surface area contributed by atoms with E-state index in [2.05, 4.69) is 80.5 Å². The van der Waals surface area contributed by atoms with Gasteiger partial charge in [0.15, 0.2) is 0 Å². The van der Waals surface area contributed by atoms with Crippen molar-refractivity contribution in [3.63, 3.8) is 0 Å². The van der Waals surface area contributed by atoms with Crippen LogP contribution in [0.15, 0.2) is 77.9 Å². The third-order valence-corrected chi connectivity index (χ3v) is 9.51. The number of nitrogens with one attached hydrogen (secondary N) is 1. The number of fused-ring (bicyclic) bond motifs is 1. The number of benzene rings is 3. The number of para-hydroxylation sites is 1. The van der Waals surface area contributed by atoms with Crippen molar-refractivity contribution in [2.45, 2.75) is 19.0 Å². The van der Waals surface area contributed by atoms with Crippen LogP contribution in [0, 0.1) is 0 Å². The third kappa shape index (κ3) is 14.8. The molecular weight excluding hydrogens is 734 g/mol. The molecule has 0 bridgehead atoms. The van der Waals surface area contributed by atoms with E-state index >= 15 is 0 Å². The predicted molar refractivity (Wildman–Crippen MR) is 221 cm³/mol. The highest BCUT2D eigenvalue weighted by Crippen LogP contribution is 2.32. The summed E-state index contributed by atoms with van der Waals surface area (Å²) in [6.07, 6.45) is 1.04. The lowest BCUT2D eigenvalue weighted by molar-refractivity contribution is -0.00386. The first-order valence-corrected chi connectivity index (χ1v) is 19.8. The average Bonchev–Trinajstić information content (AvgIpc) is 3.21. The summed E-state index contributed by atoms with van der Waals surface area (Å²) in [5.41, 5.74) is 11.6. The van der Waals surface area contributed by atoms with Gasteiger partial charge in [-0.15, -0.1) is 0 Å². The van der Waals surface area contributed by atoms with E-state index < -0.39 is 0 Å². The molecule has 1 N–H and O–H groups in total. The lowest BCUT2D eigenvalue weighted by atomic mass is 9.96. The van der Waals surface area contributed by atoms with Gasteiger partial charge in [0.25, 0.3) is 0 Å². The molecule has 0 amide bonds. The van der Waals surface area contributed by atoms with Crippen molar-refractivity contribution in [3.8, 4) is 5.75 Å². The molecule has 1 aliphatic heterocycles. The summed E-state index contributed by atoms with van der Waals surface area (Å²) in [6.45, 7) is 10.7. The smallest absolute Gasteiger partial charge is 0.145 e. The number of hydrogen-bond acceptors (Lipinski definition) is 12. The van der Waals surface area contributed by atoms with Gasteiger partial charge in [0.05, 0.1) is 71.0 Å². The number of rotatable bonds is 26. The minimum absolute atomic E-state index is 0.0794. The number of hydrogen-bond donors (Lipinski definition) is 1. The van der Waals surface area contributed by atoms with Crippen LogP contribution in [0.4, 0.5) is 5.82 Å². The molecule has 1 atom stereocenters. The Hall–Kier alpha value is -4.08. The molecule has 1 aliphatic rings. The van der Waals surface area contributed by atoms with E-state index in [1.165, 1.54) is 11.1 Å². The fraction of sp³-hybridized carbons (Fsp3) is 0.512. The molecule has 0 saturated carbocycles. The number of nitrogens with zero attached hydrogens (tertiary/aromatic N) is 8. The fourth-order valence-corrected chi connectivity index (χ4v) is 6.57. The molecule has 0 spiro atoms. The highest BCUT2D eigenvalue weighted by atomic mass is 35.5. The second kappa shape index (κ2) is 24.5. The minimum Gasteiger partial charge on any atom is -0.491 e. The number of azide groups is 1. The molecule has 302 valence electrons. The molecule has 5 rings (SSSR count). The highest BCUT2D eigenvalue weighted by molar-refractivity contribution is 6.30. The first-order chi connectivity index (χ1) is 27.5. The van der Waals surface area contributed by atoms with Gasteiger partial charge < -0.3 is 33.9 Å². The zero-order chi connectivity index (χ0) is 39.2.